The fourth-order valence-corrected chi connectivity index (χ4v) is 1.05. The monoisotopic (exact) mass is 165 g/mol. The van der Waals surface area contributed by atoms with Crippen LogP contribution in [0.15, 0.2) is 0 Å². The summed E-state index contributed by atoms with van der Waals surface area (Å²) in [6.07, 6.45) is 0. The second-order valence-corrected chi connectivity index (χ2v) is 2.86. The summed E-state index contributed by atoms with van der Waals surface area (Å²) in [6.45, 7) is 8.86. The Balaban J connectivity index is 3.05. The van der Waals surface area contributed by atoms with Crippen LogP contribution in [0.2, 0.25) is 0 Å². The van der Waals surface area contributed by atoms with Gasteiger partial charge in [0, 0.05) is 6.54 Å². The number of hydrogen-bond acceptors (Lipinski definition) is 3. The van der Waals surface area contributed by atoms with Crippen LogP contribution in [0.25, 0.3) is 0 Å². The highest BCUT2D eigenvalue weighted by atomic mass is 15.0. The van der Waals surface area contributed by atoms with Crippen molar-refractivity contribution < 1.29 is 0 Å². The molecule has 1 heterocycles. The zero-order valence-corrected chi connectivity index (χ0v) is 8.10. The summed E-state index contributed by atoms with van der Waals surface area (Å²) in [5.41, 5.74) is 2.98. The van der Waals surface area contributed by atoms with Crippen molar-refractivity contribution in [2.24, 2.45) is 0 Å². The van der Waals surface area contributed by atoms with E-state index in [0.717, 1.165) is 29.4 Å². The summed E-state index contributed by atoms with van der Waals surface area (Å²) in [5, 5.41) is 3.17. The van der Waals surface area contributed by atoms with E-state index in [-0.39, 0.29) is 0 Å². The van der Waals surface area contributed by atoms with Crippen molar-refractivity contribution >= 4 is 5.82 Å². The van der Waals surface area contributed by atoms with Crippen LogP contribution in [0, 0.1) is 20.8 Å². The van der Waals surface area contributed by atoms with Crippen molar-refractivity contribution in [3.05, 3.63) is 17.1 Å². The predicted molar refractivity (Wildman–Crippen MR) is 50.4 cm³/mol. The maximum absolute atomic E-state index is 4.39. The van der Waals surface area contributed by atoms with Gasteiger partial charge in [-0.3, -0.25) is 4.98 Å². The van der Waals surface area contributed by atoms with E-state index in [1.54, 1.807) is 0 Å². The van der Waals surface area contributed by atoms with Crippen LogP contribution in [-0.4, -0.2) is 16.5 Å². The number of anilines is 1. The molecule has 1 rings (SSSR count). The van der Waals surface area contributed by atoms with E-state index in [2.05, 4.69) is 22.2 Å². The molecule has 0 amide bonds. The van der Waals surface area contributed by atoms with Gasteiger partial charge < -0.3 is 5.32 Å². The molecule has 0 bridgehead atoms. The predicted octanol–water partition coefficient (Wildman–Crippen LogP) is 1.83. The average Bonchev–Trinajstić information content (AvgIpc) is 2.01. The highest BCUT2D eigenvalue weighted by Gasteiger charge is 2.02. The van der Waals surface area contributed by atoms with Crippen LogP contribution >= 0.6 is 0 Å². The van der Waals surface area contributed by atoms with Crippen molar-refractivity contribution in [2.45, 2.75) is 27.7 Å². The molecule has 66 valence electrons. The van der Waals surface area contributed by atoms with Crippen LogP contribution in [0.5, 0.6) is 0 Å². The van der Waals surface area contributed by atoms with Gasteiger partial charge in [-0.25, -0.2) is 4.98 Å². The molecule has 0 aliphatic rings. The van der Waals surface area contributed by atoms with Crippen LogP contribution in [-0.2, 0) is 0 Å². The largest absolute Gasteiger partial charge is 0.369 e. The summed E-state index contributed by atoms with van der Waals surface area (Å²) in [7, 11) is 0. The minimum atomic E-state index is 0.887. The number of nitrogens with one attached hydrogen (secondary N) is 1. The highest BCUT2D eigenvalue weighted by Crippen LogP contribution is 2.10. The Morgan fingerprint density at radius 1 is 1.00 bits per heavy atom. The second kappa shape index (κ2) is 3.52. The molecule has 3 nitrogen and oxygen atoms in total. The quantitative estimate of drug-likeness (QED) is 0.726. The number of rotatable bonds is 2. The van der Waals surface area contributed by atoms with Gasteiger partial charge in [0.1, 0.15) is 5.82 Å². The van der Waals surface area contributed by atoms with Crippen molar-refractivity contribution in [2.75, 3.05) is 11.9 Å². The standard InChI is InChI=1S/C9H15N3/c1-5-10-9-8(4)11-6(2)7(3)12-9/h5H2,1-4H3,(H,10,12). The van der Waals surface area contributed by atoms with Gasteiger partial charge in [-0.15, -0.1) is 0 Å². The first-order chi connectivity index (χ1) is 5.65. The lowest BCUT2D eigenvalue weighted by Crippen LogP contribution is -2.05. The van der Waals surface area contributed by atoms with Gasteiger partial charge in [0.05, 0.1) is 17.1 Å². The van der Waals surface area contributed by atoms with Gasteiger partial charge in [-0.2, -0.15) is 0 Å². The van der Waals surface area contributed by atoms with E-state index < -0.39 is 0 Å². The van der Waals surface area contributed by atoms with Crippen molar-refractivity contribution in [3.8, 4) is 0 Å². The zero-order valence-electron chi connectivity index (χ0n) is 8.10. The third-order valence-electron chi connectivity index (χ3n) is 1.83. The fourth-order valence-electron chi connectivity index (χ4n) is 1.05. The van der Waals surface area contributed by atoms with Crippen LogP contribution in [0.1, 0.15) is 24.0 Å². The molecule has 1 N–H and O–H groups in total. The third-order valence-corrected chi connectivity index (χ3v) is 1.83. The second-order valence-electron chi connectivity index (χ2n) is 2.86. The van der Waals surface area contributed by atoms with Crippen LogP contribution in [0.4, 0.5) is 5.82 Å². The van der Waals surface area contributed by atoms with E-state index in [4.69, 9.17) is 0 Å². The van der Waals surface area contributed by atoms with Gasteiger partial charge in [0.25, 0.3) is 0 Å². The maximum Gasteiger partial charge on any atom is 0.147 e. The lowest BCUT2D eigenvalue weighted by Gasteiger charge is -2.07. The summed E-state index contributed by atoms with van der Waals surface area (Å²) in [4.78, 5) is 8.76. The Bertz CT molecular complexity index is 281. The van der Waals surface area contributed by atoms with Gasteiger partial charge >= 0.3 is 0 Å². The Morgan fingerprint density at radius 2 is 1.58 bits per heavy atom. The minimum absolute atomic E-state index is 0.887. The van der Waals surface area contributed by atoms with E-state index >= 15 is 0 Å². The Hall–Kier alpha value is -1.12. The van der Waals surface area contributed by atoms with Gasteiger partial charge in [0.15, 0.2) is 0 Å². The Kier molecular flexibility index (Phi) is 2.63. The van der Waals surface area contributed by atoms with Gasteiger partial charge in [0.2, 0.25) is 0 Å². The first kappa shape index (κ1) is 8.97. The van der Waals surface area contributed by atoms with E-state index in [1.165, 1.54) is 0 Å². The van der Waals surface area contributed by atoms with Crippen LogP contribution in [0.3, 0.4) is 0 Å². The SMILES string of the molecule is CCNc1nc(C)c(C)nc1C. The van der Waals surface area contributed by atoms with E-state index in [1.807, 2.05) is 20.8 Å². The van der Waals surface area contributed by atoms with E-state index in [0.29, 0.717) is 0 Å². The molecule has 0 aromatic carbocycles. The van der Waals surface area contributed by atoms with Crippen molar-refractivity contribution in [3.63, 3.8) is 0 Å². The molecule has 0 radical (unpaired) electrons. The minimum Gasteiger partial charge on any atom is -0.369 e. The fraction of sp³-hybridized carbons (Fsp3) is 0.556. The maximum atomic E-state index is 4.39. The lowest BCUT2D eigenvalue weighted by atomic mass is 10.3. The zero-order chi connectivity index (χ0) is 9.14. The molecule has 0 atom stereocenters. The first-order valence-corrected chi connectivity index (χ1v) is 4.21. The van der Waals surface area contributed by atoms with Gasteiger partial charge in [-0.1, -0.05) is 0 Å². The molecule has 0 saturated heterocycles. The Labute approximate surface area is 73.2 Å². The molecule has 0 aliphatic carbocycles. The molecule has 3 heteroatoms. The molecule has 0 saturated carbocycles. The normalized spacial score (nSPS) is 10.0. The molecular weight excluding hydrogens is 150 g/mol. The lowest BCUT2D eigenvalue weighted by molar-refractivity contribution is 0.989. The molecule has 0 spiro atoms. The van der Waals surface area contributed by atoms with Crippen LogP contribution < -0.4 is 5.32 Å². The number of aryl methyl sites for hydroxylation is 3. The number of nitrogens with zero attached hydrogens (tertiary/aromatic N) is 2. The molecule has 0 fully saturated rings. The summed E-state index contributed by atoms with van der Waals surface area (Å²) < 4.78 is 0. The summed E-state index contributed by atoms with van der Waals surface area (Å²) in [6, 6.07) is 0. The molecular formula is C9H15N3. The summed E-state index contributed by atoms with van der Waals surface area (Å²) in [5.74, 6) is 0.903. The molecule has 0 unspecified atom stereocenters. The molecule has 1 aromatic heterocycles. The topological polar surface area (TPSA) is 37.8 Å². The first-order valence-electron chi connectivity index (χ1n) is 4.21. The Morgan fingerprint density at radius 3 is 2.17 bits per heavy atom. The molecule has 12 heavy (non-hydrogen) atoms. The molecule has 1 aromatic rings. The third kappa shape index (κ3) is 1.72. The van der Waals surface area contributed by atoms with Crippen molar-refractivity contribution in [1.82, 2.24) is 9.97 Å². The highest BCUT2D eigenvalue weighted by molar-refractivity contribution is 5.40. The van der Waals surface area contributed by atoms with E-state index in [9.17, 15) is 0 Å². The van der Waals surface area contributed by atoms with Gasteiger partial charge in [-0.05, 0) is 27.7 Å². The molecule has 0 aliphatic heterocycles. The average molecular weight is 165 g/mol. The van der Waals surface area contributed by atoms with Crippen molar-refractivity contribution in [1.29, 1.82) is 0 Å². The summed E-state index contributed by atoms with van der Waals surface area (Å²) >= 11 is 0. The smallest absolute Gasteiger partial charge is 0.147 e. The number of aromatic nitrogens is 2. The number of hydrogen-bond donors (Lipinski definition) is 1.